The normalized spacial score (nSPS) is 35.3. The summed E-state index contributed by atoms with van der Waals surface area (Å²) in [5.41, 5.74) is 0. The third kappa shape index (κ3) is 4.54. The molecule has 2 bridgehead atoms. The van der Waals surface area contributed by atoms with Crippen LogP contribution in [0.25, 0.3) is 0 Å². The van der Waals surface area contributed by atoms with E-state index < -0.39 is 39.9 Å². The standard InChI is InChI=1S/C10H13NO6S.C9H14O2/c1-16-7-5-3-4-6-8(7)10(13)11(9(6)12)17-18(2,14)15;1-11-9(10)8-5-6-2-3-7(8)4-6/h3,5-8H,4H2,1-2H3;6-8H,2-5H2,1H3. The summed E-state index contributed by atoms with van der Waals surface area (Å²) >= 11 is 0. The molecule has 0 N–H and O–H groups in total. The number of carbonyl (C=O) groups excluding carboxylic acids is 3. The highest BCUT2D eigenvalue weighted by molar-refractivity contribution is 7.85. The van der Waals surface area contributed by atoms with Crippen molar-refractivity contribution in [1.29, 1.82) is 0 Å². The van der Waals surface area contributed by atoms with Crippen molar-refractivity contribution in [3.63, 3.8) is 0 Å². The first kappa shape index (κ1) is 21.9. The molecule has 6 atom stereocenters. The highest BCUT2D eigenvalue weighted by Crippen LogP contribution is 2.48. The van der Waals surface area contributed by atoms with Gasteiger partial charge in [0.05, 0.1) is 37.2 Å². The maximum absolute atomic E-state index is 12.0. The molecule has 10 heteroatoms. The number of fused-ring (bicyclic) bond motifs is 3. The van der Waals surface area contributed by atoms with E-state index in [9.17, 15) is 22.8 Å². The van der Waals surface area contributed by atoms with E-state index in [0.717, 1.165) is 18.6 Å². The van der Waals surface area contributed by atoms with Gasteiger partial charge in [0.15, 0.2) is 0 Å². The predicted molar refractivity (Wildman–Crippen MR) is 100 cm³/mol. The van der Waals surface area contributed by atoms with Crippen molar-refractivity contribution in [2.24, 2.45) is 29.6 Å². The van der Waals surface area contributed by atoms with Gasteiger partial charge in [0.1, 0.15) is 0 Å². The monoisotopic (exact) mass is 429 g/mol. The van der Waals surface area contributed by atoms with Gasteiger partial charge in [0.25, 0.3) is 21.9 Å². The van der Waals surface area contributed by atoms with Gasteiger partial charge in [0, 0.05) is 7.11 Å². The molecule has 0 aromatic carbocycles. The van der Waals surface area contributed by atoms with Crippen molar-refractivity contribution in [3.8, 4) is 0 Å². The lowest BCUT2D eigenvalue weighted by atomic mass is 9.83. The molecule has 3 aliphatic carbocycles. The van der Waals surface area contributed by atoms with Crippen LogP contribution in [0.5, 0.6) is 0 Å². The van der Waals surface area contributed by atoms with E-state index in [1.807, 2.05) is 0 Å². The summed E-state index contributed by atoms with van der Waals surface area (Å²) in [5, 5.41) is 0.337. The van der Waals surface area contributed by atoms with E-state index in [1.54, 1.807) is 12.2 Å². The Labute approximate surface area is 170 Å². The van der Waals surface area contributed by atoms with E-state index >= 15 is 0 Å². The Balaban J connectivity index is 0.000000186. The molecule has 2 amide bonds. The van der Waals surface area contributed by atoms with Crippen LogP contribution in [0.1, 0.15) is 32.1 Å². The first-order chi connectivity index (χ1) is 13.7. The van der Waals surface area contributed by atoms with Crippen molar-refractivity contribution in [2.45, 2.75) is 38.2 Å². The minimum atomic E-state index is -3.92. The number of nitrogens with zero attached hydrogens (tertiary/aromatic N) is 1. The van der Waals surface area contributed by atoms with Crippen LogP contribution < -0.4 is 0 Å². The smallest absolute Gasteiger partial charge is 0.308 e. The van der Waals surface area contributed by atoms with E-state index in [-0.39, 0.29) is 11.9 Å². The lowest BCUT2D eigenvalue weighted by Gasteiger charge is -2.24. The zero-order chi connectivity index (χ0) is 21.3. The predicted octanol–water partition coefficient (Wildman–Crippen LogP) is 1.05. The van der Waals surface area contributed by atoms with Crippen LogP contribution >= 0.6 is 0 Å². The zero-order valence-corrected chi connectivity index (χ0v) is 17.6. The highest BCUT2D eigenvalue weighted by Gasteiger charge is 2.53. The number of rotatable bonds is 4. The number of esters is 1. The molecule has 0 radical (unpaired) electrons. The molecular formula is C19H27NO8S. The molecule has 4 aliphatic rings. The fourth-order valence-electron chi connectivity index (χ4n) is 4.94. The van der Waals surface area contributed by atoms with Crippen LogP contribution in [0.2, 0.25) is 0 Å². The molecule has 1 aliphatic heterocycles. The molecule has 1 saturated heterocycles. The number of ether oxygens (including phenoxy) is 2. The second kappa shape index (κ2) is 8.53. The van der Waals surface area contributed by atoms with Crippen LogP contribution in [0.3, 0.4) is 0 Å². The minimum absolute atomic E-state index is 0.0252. The lowest BCUT2D eigenvalue weighted by Crippen LogP contribution is -2.36. The maximum atomic E-state index is 12.0. The topological polar surface area (TPSA) is 116 Å². The number of imide groups is 1. The third-order valence-corrected chi connectivity index (χ3v) is 6.65. The Morgan fingerprint density at radius 2 is 1.86 bits per heavy atom. The first-order valence-corrected chi connectivity index (χ1v) is 11.5. The van der Waals surface area contributed by atoms with Gasteiger partial charge >= 0.3 is 5.97 Å². The highest BCUT2D eigenvalue weighted by atomic mass is 32.2. The van der Waals surface area contributed by atoms with E-state index in [0.29, 0.717) is 17.4 Å². The van der Waals surface area contributed by atoms with Crippen molar-refractivity contribution in [2.75, 3.05) is 20.5 Å². The van der Waals surface area contributed by atoms with Gasteiger partial charge in [-0.1, -0.05) is 18.6 Å². The summed E-state index contributed by atoms with van der Waals surface area (Å²) in [7, 11) is -0.997. The number of methoxy groups -OCH3 is 2. The van der Waals surface area contributed by atoms with Crippen molar-refractivity contribution >= 4 is 27.9 Å². The van der Waals surface area contributed by atoms with E-state index in [1.165, 1.54) is 33.5 Å². The van der Waals surface area contributed by atoms with Crippen molar-refractivity contribution in [1.82, 2.24) is 5.06 Å². The van der Waals surface area contributed by atoms with Gasteiger partial charge in [-0.05, 0) is 37.5 Å². The summed E-state index contributed by atoms with van der Waals surface area (Å²) in [6, 6.07) is 0. The molecule has 0 aromatic rings. The van der Waals surface area contributed by atoms with Crippen LogP contribution in [0, 0.1) is 29.6 Å². The van der Waals surface area contributed by atoms with Crippen LogP contribution in [-0.4, -0.2) is 57.8 Å². The average Bonchev–Trinajstić information content (AvgIpc) is 3.38. The largest absolute Gasteiger partial charge is 0.469 e. The second-order valence-corrected chi connectivity index (χ2v) is 9.61. The Bertz CT molecular complexity index is 807. The molecule has 4 rings (SSSR count). The number of amides is 2. The molecule has 9 nitrogen and oxygen atoms in total. The Hall–Kier alpha value is -1.78. The number of hydroxylamine groups is 2. The number of hydrogen-bond acceptors (Lipinski definition) is 8. The second-order valence-electron chi connectivity index (χ2n) is 8.05. The van der Waals surface area contributed by atoms with E-state index in [2.05, 4.69) is 4.28 Å². The van der Waals surface area contributed by atoms with Crippen molar-refractivity contribution in [3.05, 3.63) is 12.2 Å². The molecule has 0 aromatic heterocycles. The van der Waals surface area contributed by atoms with Crippen LogP contribution in [-0.2, 0) is 38.3 Å². The third-order valence-electron chi connectivity index (χ3n) is 6.23. The van der Waals surface area contributed by atoms with Gasteiger partial charge in [-0.3, -0.25) is 14.4 Å². The summed E-state index contributed by atoms with van der Waals surface area (Å²) in [6.07, 6.45) is 9.02. The fourth-order valence-corrected chi connectivity index (χ4v) is 5.35. The summed E-state index contributed by atoms with van der Waals surface area (Å²) in [6.45, 7) is 0. The van der Waals surface area contributed by atoms with Gasteiger partial charge in [-0.2, -0.15) is 8.42 Å². The lowest BCUT2D eigenvalue weighted by molar-refractivity contribution is -0.166. The van der Waals surface area contributed by atoms with Gasteiger partial charge in [0.2, 0.25) is 0 Å². The Kier molecular flexibility index (Phi) is 6.45. The molecule has 3 fully saturated rings. The van der Waals surface area contributed by atoms with Gasteiger partial charge in [-0.15, -0.1) is 9.35 Å². The van der Waals surface area contributed by atoms with Crippen molar-refractivity contribution < 1.29 is 36.6 Å². The fraction of sp³-hybridized carbons (Fsp3) is 0.737. The summed E-state index contributed by atoms with van der Waals surface area (Å²) in [4.78, 5) is 35.1. The molecule has 2 saturated carbocycles. The molecule has 29 heavy (non-hydrogen) atoms. The van der Waals surface area contributed by atoms with E-state index in [4.69, 9.17) is 9.47 Å². The Morgan fingerprint density at radius 1 is 1.14 bits per heavy atom. The molecule has 6 unspecified atom stereocenters. The molecule has 1 heterocycles. The maximum Gasteiger partial charge on any atom is 0.308 e. The minimum Gasteiger partial charge on any atom is -0.469 e. The zero-order valence-electron chi connectivity index (χ0n) is 16.8. The summed E-state index contributed by atoms with van der Waals surface area (Å²) < 4.78 is 36.3. The SMILES string of the molecule is COC(=O)C1CC2CCC1C2.COC1C=CCC2C(=O)N(OS(C)(=O)=O)C(=O)C12. The quantitative estimate of drug-likeness (QED) is 0.370. The number of allylic oxidation sites excluding steroid dienone is 1. The molecule has 162 valence electrons. The molecular weight excluding hydrogens is 402 g/mol. The van der Waals surface area contributed by atoms with Crippen LogP contribution in [0.4, 0.5) is 0 Å². The molecule has 0 spiro atoms. The number of carbonyl (C=O) groups is 3. The first-order valence-electron chi connectivity index (χ1n) is 9.71. The number of hydrogen-bond donors (Lipinski definition) is 0. The van der Waals surface area contributed by atoms with Crippen LogP contribution in [0.15, 0.2) is 12.2 Å². The Morgan fingerprint density at radius 3 is 2.38 bits per heavy atom. The van der Waals surface area contributed by atoms with Gasteiger partial charge < -0.3 is 9.47 Å². The summed E-state index contributed by atoms with van der Waals surface area (Å²) in [5.74, 6) is -0.871. The average molecular weight is 429 g/mol. The van der Waals surface area contributed by atoms with Gasteiger partial charge in [-0.25, -0.2) is 0 Å².